The van der Waals surface area contributed by atoms with Gasteiger partial charge in [0.25, 0.3) is 0 Å². The van der Waals surface area contributed by atoms with E-state index in [4.69, 9.17) is 9.47 Å². The molecule has 2 aliphatic rings. The molecule has 0 aromatic carbocycles. The Hall–Kier alpha value is -0.610. The van der Waals surface area contributed by atoms with Crippen molar-refractivity contribution in [1.82, 2.24) is 5.32 Å². The predicted molar refractivity (Wildman–Crippen MR) is 74.0 cm³/mol. The molecule has 1 aliphatic heterocycles. The molecule has 0 amide bonds. The highest BCUT2D eigenvalue weighted by Gasteiger charge is 2.43. The van der Waals surface area contributed by atoms with Crippen LogP contribution in [0.15, 0.2) is 0 Å². The lowest BCUT2D eigenvalue weighted by Crippen LogP contribution is -2.47. The molecule has 0 bridgehead atoms. The third kappa shape index (κ3) is 3.93. The molecule has 19 heavy (non-hydrogen) atoms. The first kappa shape index (κ1) is 14.8. The van der Waals surface area contributed by atoms with Crippen LogP contribution in [0.4, 0.5) is 0 Å². The number of ether oxygens (including phenoxy) is 2. The van der Waals surface area contributed by atoms with Crippen molar-refractivity contribution < 1.29 is 14.3 Å². The van der Waals surface area contributed by atoms with Crippen LogP contribution in [0.1, 0.15) is 52.9 Å². The normalized spacial score (nSPS) is 26.6. The first-order chi connectivity index (χ1) is 8.91. The summed E-state index contributed by atoms with van der Waals surface area (Å²) >= 11 is 0. The van der Waals surface area contributed by atoms with Crippen molar-refractivity contribution in [3.8, 4) is 0 Å². The highest BCUT2D eigenvalue weighted by Crippen LogP contribution is 2.45. The van der Waals surface area contributed by atoms with Gasteiger partial charge < -0.3 is 14.8 Å². The molecule has 110 valence electrons. The second-order valence-electron chi connectivity index (χ2n) is 6.89. The molecule has 0 aromatic rings. The lowest BCUT2D eigenvalue weighted by Gasteiger charge is -2.39. The van der Waals surface area contributed by atoms with Gasteiger partial charge in [0.1, 0.15) is 5.60 Å². The minimum atomic E-state index is -0.398. The Bertz CT molecular complexity index is 316. The Morgan fingerprint density at radius 3 is 2.63 bits per heavy atom. The Labute approximate surface area is 116 Å². The molecule has 2 fully saturated rings. The van der Waals surface area contributed by atoms with Crippen molar-refractivity contribution in [2.75, 3.05) is 19.8 Å². The molecule has 1 aliphatic carbocycles. The highest BCUT2D eigenvalue weighted by molar-refractivity contribution is 5.72. The maximum Gasteiger partial charge on any atom is 0.320 e. The monoisotopic (exact) mass is 269 g/mol. The molecule has 1 saturated carbocycles. The van der Waals surface area contributed by atoms with Crippen LogP contribution in [0.2, 0.25) is 0 Å². The second-order valence-corrected chi connectivity index (χ2v) is 6.89. The fraction of sp³-hybridized carbons (Fsp3) is 0.933. The van der Waals surface area contributed by atoms with Crippen molar-refractivity contribution in [1.29, 1.82) is 0 Å². The molecular weight excluding hydrogens is 242 g/mol. The zero-order valence-electron chi connectivity index (χ0n) is 12.5. The number of carbonyl (C=O) groups excluding carboxylic acids is 1. The Morgan fingerprint density at radius 1 is 1.32 bits per heavy atom. The van der Waals surface area contributed by atoms with Gasteiger partial charge in [-0.3, -0.25) is 4.79 Å². The molecule has 1 saturated heterocycles. The third-order valence-corrected chi connectivity index (χ3v) is 4.31. The summed E-state index contributed by atoms with van der Waals surface area (Å²) in [7, 11) is 0. The van der Waals surface area contributed by atoms with Crippen LogP contribution in [0.5, 0.6) is 0 Å². The predicted octanol–water partition coefficient (Wildman–Crippen LogP) is 2.27. The van der Waals surface area contributed by atoms with E-state index in [-0.39, 0.29) is 5.97 Å². The Balaban J connectivity index is 1.83. The quantitative estimate of drug-likeness (QED) is 0.798. The summed E-state index contributed by atoms with van der Waals surface area (Å²) in [4.78, 5) is 11.8. The van der Waals surface area contributed by atoms with E-state index >= 15 is 0 Å². The Kier molecular flexibility index (Phi) is 4.51. The van der Waals surface area contributed by atoms with Gasteiger partial charge in [-0.05, 0) is 51.9 Å². The molecule has 1 N–H and O–H groups in total. The van der Waals surface area contributed by atoms with Gasteiger partial charge in [-0.2, -0.15) is 0 Å². The number of esters is 1. The average molecular weight is 269 g/mol. The first-order valence-corrected chi connectivity index (χ1v) is 7.44. The minimum Gasteiger partial charge on any atom is -0.459 e. The molecule has 2 rings (SSSR count). The van der Waals surface area contributed by atoms with Crippen LogP contribution in [0.3, 0.4) is 0 Å². The maximum atomic E-state index is 11.8. The van der Waals surface area contributed by atoms with Crippen molar-refractivity contribution >= 4 is 5.97 Å². The largest absolute Gasteiger partial charge is 0.459 e. The molecule has 1 atom stereocenters. The lowest BCUT2D eigenvalue weighted by atomic mass is 9.75. The highest BCUT2D eigenvalue weighted by atomic mass is 16.6. The van der Waals surface area contributed by atoms with Crippen LogP contribution in [-0.2, 0) is 14.3 Å². The van der Waals surface area contributed by atoms with Crippen LogP contribution < -0.4 is 5.32 Å². The molecular formula is C15H27NO3. The lowest BCUT2D eigenvalue weighted by molar-refractivity contribution is -0.154. The number of carbonyl (C=O) groups is 1. The Morgan fingerprint density at radius 2 is 2.00 bits per heavy atom. The van der Waals surface area contributed by atoms with E-state index in [2.05, 4.69) is 5.32 Å². The molecule has 1 spiro atoms. The van der Waals surface area contributed by atoms with E-state index in [0.717, 1.165) is 26.1 Å². The summed E-state index contributed by atoms with van der Waals surface area (Å²) in [6, 6.07) is 0.448. The average Bonchev–Trinajstić information content (AvgIpc) is 2.68. The topological polar surface area (TPSA) is 47.6 Å². The van der Waals surface area contributed by atoms with Gasteiger partial charge >= 0.3 is 5.97 Å². The fourth-order valence-electron chi connectivity index (χ4n) is 3.42. The van der Waals surface area contributed by atoms with Gasteiger partial charge in [0.15, 0.2) is 0 Å². The summed E-state index contributed by atoms with van der Waals surface area (Å²) in [5.41, 5.74) is -0.0366. The molecule has 1 heterocycles. The molecule has 0 aromatic heterocycles. The maximum absolute atomic E-state index is 11.8. The third-order valence-electron chi connectivity index (χ3n) is 4.31. The second kappa shape index (κ2) is 5.80. The van der Waals surface area contributed by atoms with Crippen molar-refractivity contribution in [2.45, 2.75) is 64.5 Å². The van der Waals surface area contributed by atoms with Gasteiger partial charge in [-0.15, -0.1) is 0 Å². The molecule has 0 radical (unpaired) electrons. The van der Waals surface area contributed by atoms with Gasteiger partial charge in [-0.1, -0.05) is 6.42 Å². The number of hydrogen-bond acceptors (Lipinski definition) is 4. The standard InChI is InChI=1S/C15H27NO3/c1-14(2,3)19-13(17)11-16-12-5-4-6-15(12)7-9-18-10-8-15/h12,16H,4-11H2,1-3H3/t12-/m1/s1. The minimum absolute atomic E-state index is 0.151. The summed E-state index contributed by atoms with van der Waals surface area (Å²) in [6.45, 7) is 7.76. The van der Waals surface area contributed by atoms with Crippen LogP contribution >= 0.6 is 0 Å². The summed E-state index contributed by atoms with van der Waals surface area (Å²) in [5, 5.41) is 3.43. The van der Waals surface area contributed by atoms with Crippen LogP contribution in [0, 0.1) is 5.41 Å². The van der Waals surface area contributed by atoms with Crippen molar-refractivity contribution in [3.63, 3.8) is 0 Å². The number of hydrogen-bond donors (Lipinski definition) is 1. The van der Waals surface area contributed by atoms with Crippen LogP contribution in [-0.4, -0.2) is 37.4 Å². The van der Waals surface area contributed by atoms with Gasteiger partial charge in [0, 0.05) is 19.3 Å². The summed E-state index contributed by atoms with van der Waals surface area (Å²) in [5.74, 6) is -0.151. The van der Waals surface area contributed by atoms with E-state index in [9.17, 15) is 4.79 Å². The van der Waals surface area contributed by atoms with Crippen molar-refractivity contribution in [2.24, 2.45) is 5.41 Å². The zero-order chi connectivity index (χ0) is 13.9. The van der Waals surface area contributed by atoms with Gasteiger partial charge in [-0.25, -0.2) is 0 Å². The summed E-state index contributed by atoms with van der Waals surface area (Å²) < 4.78 is 10.8. The van der Waals surface area contributed by atoms with Crippen LogP contribution in [0.25, 0.3) is 0 Å². The molecule has 4 nitrogen and oxygen atoms in total. The number of rotatable bonds is 3. The SMILES string of the molecule is CC(C)(C)OC(=O)CN[C@@H]1CCCC12CCOCC2. The zero-order valence-corrected chi connectivity index (χ0v) is 12.5. The van der Waals surface area contributed by atoms with E-state index in [1.807, 2.05) is 20.8 Å². The fourth-order valence-corrected chi connectivity index (χ4v) is 3.42. The van der Waals surface area contributed by atoms with Gasteiger partial charge in [0.05, 0.1) is 6.54 Å². The number of nitrogens with one attached hydrogen (secondary N) is 1. The van der Waals surface area contributed by atoms with Crippen molar-refractivity contribution in [3.05, 3.63) is 0 Å². The smallest absolute Gasteiger partial charge is 0.320 e. The molecule has 0 unspecified atom stereocenters. The summed E-state index contributed by atoms with van der Waals surface area (Å²) in [6.07, 6.45) is 5.94. The van der Waals surface area contributed by atoms with E-state index < -0.39 is 5.60 Å². The van der Waals surface area contributed by atoms with E-state index in [1.165, 1.54) is 19.3 Å². The van der Waals surface area contributed by atoms with Gasteiger partial charge in [0.2, 0.25) is 0 Å². The molecule has 4 heteroatoms. The van der Waals surface area contributed by atoms with E-state index in [0.29, 0.717) is 18.0 Å². The first-order valence-electron chi connectivity index (χ1n) is 7.44. The van der Waals surface area contributed by atoms with E-state index in [1.54, 1.807) is 0 Å².